The third-order valence-corrected chi connectivity index (χ3v) is 2.74. The lowest BCUT2D eigenvalue weighted by atomic mass is 9.94. The highest BCUT2D eigenvalue weighted by atomic mass is 35.5. The molecule has 4 heteroatoms. The molecule has 0 aromatic heterocycles. The number of aliphatic carboxylic acids is 1. The zero-order chi connectivity index (χ0) is 12.1. The zero-order valence-electron chi connectivity index (χ0n) is 8.96. The fourth-order valence-corrected chi connectivity index (χ4v) is 1.95. The van der Waals surface area contributed by atoms with Crippen LogP contribution in [0.25, 0.3) is 0 Å². The number of alkyl halides is 1. The summed E-state index contributed by atoms with van der Waals surface area (Å²) < 4.78 is 0. The molecule has 0 heterocycles. The second-order valence-electron chi connectivity index (χ2n) is 3.41. The first-order chi connectivity index (χ1) is 7.63. The predicted molar refractivity (Wildman–Crippen MR) is 61.4 cm³/mol. The van der Waals surface area contributed by atoms with Gasteiger partial charge in [0.1, 0.15) is 0 Å². The lowest BCUT2D eigenvalue weighted by Gasteiger charge is -2.10. The van der Waals surface area contributed by atoms with Gasteiger partial charge in [-0.15, -0.1) is 11.6 Å². The number of carbonyl (C=O) groups is 1. The van der Waals surface area contributed by atoms with Crippen molar-refractivity contribution < 1.29 is 9.90 Å². The SMILES string of the molecule is CCc1c(CC(=O)O)ccc(CCl)c1C#N. The van der Waals surface area contributed by atoms with Gasteiger partial charge in [0.05, 0.1) is 18.1 Å². The maximum atomic E-state index is 10.7. The van der Waals surface area contributed by atoms with Gasteiger partial charge in [0, 0.05) is 5.88 Å². The number of nitrogens with zero attached hydrogens (tertiary/aromatic N) is 1. The van der Waals surface area contributed by atoms with Gasteiger partial charge in [-0.25, -0.2) is 0 Å². The minimum absolute atomic E-state index is 0.0551. The second-order valence-corrected chi connectivity index (χ2v) is 3.67. The monoisotopic (exact) mass is 237 g/mol. The molecule has 0 spiro atoms. The number of hydrogen-bond donors (Lipinski definition) is 1. The third kappa shape index (κ3) is 2.53. The average Bonchev–Trinajstić information content (AvgIpc) is 2.27. The number of hydrogen-bond acceptors (Lipinski definition) is 2. The van der Waals surface area contributed by atoms with Crippen LogP contribution < -0.4 is 0 Å². The first-order valence-electron chi connectivity index (χ1n) is 4.95. The van der Waals surface area contributed by atoms with E-state index in [1.165, 1.54) is 0 Å². The summed E-state index contributed by atoms with van der Waals surface area (Å²) in [6.07, 6.45) is 0.580. The molecule has 0 aliphatic rings. The molecule has 3 nitrogen and oxygen atoms in total. The molecule has 1 aromatic rings. The van der Waals surface area contributed by atoms with Crippen molar-refractivity contribution in [1.82, 2.24) is 0 Å². The highest BCUT2D eigenvalue weighted by molar-refractivity contribution is 6.17. The van der Waals surface area contributed by atoms with Crippen LogP contribution in [0.5, 0.6) is 0 Å². The molecule has 0 saturated carbocycles. The highest BCUT2D eigenvalue weighted by Gasteiger charge is 2.13. The third-order valence-electron chi connectivity index (χ3n) is 2.45. The Kier molecular flexibility index (Phi) is 4.33. The number of halogens is 1. The van der Waals surface area contributed by atoms with E-state index in [0.717, 1.165) is 11.1 Å². The van der Waals surface area contributed by atoms with Gasteiger partial charge in [0.15, 0.2) is 0 Å². The Hall–Kier alpha value is -1.53. The quantitative estimate of drug-likeness (QED) is 0.819. The molecule has 0 unspecified atom stereocenters. The number of rotatable bonds is 4. The van der Waals surface area contributed by atoms with E-state index >= 15 is 0 Å². The number of benzene rings is 1. The molecular weight excluding hydrogens is 226 g/mol. The van der Waals surface area contributed by atoms with E-state index in [2.05, 4.69) is 6.07 Å². The van der Waals surface area contributed by atoms with Crippen molar-refractivity contribution in [3.05, 3.63) is 34.4 Å². The molecule has 0 radical (unpaired) electrons. The summed E-state index contributed by atoms with van der Waals surface area (Å²) in [5.74, 6) is -0.624. The zero-order valence-corrected chi connectivity index (χ0v) is 9.71. The standard InChI is InChI=1S/C12H12ClNO2/c1-2-10-8(5-12(15)16)3-4-9(6-13)11(10)7-14/h3-4H,2,5-6H2,1H3,(H,15,16). The lowest BCUT2D eigenvalue weighted by molar-refractivity contribution is -0.136. The van der Waals surface area contributed by atoms with E-state index in [9.17, 15) is 4.79 Å². The van der Waals surface area contributed by atoms with Crippen molar-refractivity contribution in [2.45, 2.75) is 25.6 Å². The molecule has 0 amide bonds. The average molecular weight is 238 g/mol. The first kappa shape index (κ1) is 12.5. The van der Waals surface area contributed by atoms with Crippen molar-refractivity contribution in [3.63, 3.8) is 0 Å². The molecule has 1 rings (SSSR count). The molecule has 1 N–H and O–H groups in total. The van der Waals surface area contributed by atoms with E-state index in [4.69, 9.17) is 22.0 Å². The lowest BCUT2D eigenvalue weighted by Crippen LogP contribution is -2.06. The first-order valence-corrected chi connectivity index (χ1v) is 5.49. The number of carboxylic acids is 1. The van der Waals surface area contributed by atoms with Crippen molar-refractivity contribution in [1.29, 1.82) is 5.26 Å². The van der Waals surface area contributed by atoms with Gasteiger partial charge in [-0.3, -0.25) is 4.79 Å². The van der Waals surface area contributed by atoms with Crippen molar-refractivity contribution in [3.8, 4) is 6.07 Å². The van der Waals surface area contributed by atoms with Crippen LogP contribution in [0.15, 0.2) is 12.1 Å². The maximum absolute atomic E-state index is 10.7. The summed E-state index contributed by atoms with van der Waals surface area (Å²) in [6, 6.07) is 5.57. The molecule has 0 fully saturated rings. The van der Waals surface area contributed by atoms with Crippen LogP contribution in [0.3, 0.4) is 0 Å². The molecule has 84 valence electrons. The molecular formula is C12H12ClNO2. The van der Waals surface area contributed by atoms with E-state index < -0.39 is 5.97 Å². The van der Waals surface area contributed by atoms with Crippen LogP contribution in [0.1, 0.15) is 29.2 Å². The van der Waals surface area contributed by atoms with E-state index in [1.54, 1.807) is 12.1 Å². The van der Waals surface area contributed by atoms with E-state index in [1.807, 2.05) is 6.92 Å². The van der Waals surface area contributed by atoms with Gasteiger partial charge in [-0.05, 0) is 23.1 Å². The molecule has 1 aromatic carbocycles. The molecule has 0 aliphatic heterocycles. The van der Waals surface area contributed by atoms with Gasteiger partial charge < -0.3 is 5.11 Å². The van der Waals surface area contributed by atoms with Crippen LogP contribution in [-0.4, -0.2) is 11.1 Å². The summed E-state index contributed by atoms with van der Waals surface area (Å²) in [6.45, 7) is 1.90. The second kappa shape index (κ2) is 5.53. The number of carboxylic acid groups (broad SMARTS) is 1. The fraction of sp³-hybridized carbons (Fsp3) is 0.333. The fourth-order valence-electron chi connectivity index (χ4n) is 1.72. The topological polar surface area (TPSA) is 61.1 Å². The Morgan fingerprint density at radius 2 is 2.12 bits per heavy atom. The minimum atomic E-state index is -0.891. The molecule has 0 saturated heterocycles. The molecule has 0 aliphatic carbocycles. The largest absolute Gasteiger partial charge is 0.481 e. The van der Waals surface area contributed by atoms with E-state index in [0.29, 0.717) is 17.5 Å². The van der Waals surface area contributed by atoms with Gasteiger partial charge in [-0.1, -0.05) is 19.1 Å². The van der Waals surface area contributed by atoms with E-state index in [-0.39, 0.29) is 12.3 Å². The van der Waals surface area contributed by atoms with Crippen molar-refractivity contribution >= 4 is 17.6 Å². The molecule has 16 heavy (non-hydrogen) atoms. The molecule has 0 bridgehead atoms. The highest BCUT2D eigenvalue weighted by Crippen LogP contribution is 2.21. The smallest absolute Gasteiger partial charge is 0.307 e. The summed E-state index contributed by atoms with van der Waals surface area (Å²) in [5.41, 5.74) is 2.77. The summed E-state index contributed by atoms with van der Waals surface area (Å²) >= 11 is 5.73. The summed E-state index contributed by atoms with van der Waals surface area (Å²) in [4.78, 5) is 10.7. The molecule has 0 atom stereocenters. The van der Waals surface area contributed by atoms with Crippen LogP contribution in [0.2, 0.25) is 0 Å². The maximum Gasteiger partial charge on any atom is 0.307 e. The number of nitriles is 1. The predicted octanol–water partition coefficient (Wildman–Crippen LogP) is 2.49. The Morgan fingerprint density at radius 3 is 2.56 bits per heavy atom. The van der Waals surface area contributed by atoms with Gasteiger partial charge in [-0.2, -0.15) is 5.26 Å². The summed E-state index contributed by atoms with van der Waals surface area (Å²) in [7, 11) is 0. The Morgan fingerprint density at radius 1 is 1.50 bits per heavy atom. The van der Waals surface area contributed by atoms with Crippen LogP contribution in [-0.2, 0) is 23.5 Å². The summed E-state index contributed by atoms with van der Waals surface area (Å²) in [5, 5.41) is 17.8. The van der Waals surface area contributed by atoms with Crippen molar-refractivity contribution in [2.24, 2.45) is 0 Å². The van der Waals surface area contributed by atoms with Crippen LogP contribution >= 0.6 is 11.6 Å². The van der Waals surface area contributed by atoms with Gasteiger partial charge in [0.2, 0.25) is 0 Å². The Labute approximate surface area is 99.3 Å². The normalized spacial score (nSPS) is 9.81. The van der Waals surface area contributed by atoms with Crippen LogP contribution in [0.4, 0.5) is 0 Å². The Bertz CT molecular complexity index is 449. The Balaban J connectivity index is 3.32. The van der Waals surface area contributed by atoms with Gasteiger partial charge >= 0.3 is 5.97 Å². The van der Waals surface area contributed by atoms with Crippen molar-refractivity contribution in [2.75, 3.05) is 0 Å². The van der Waals surface area contributed by atoms with Gasteiger partial charge in [0.25, 0.3) is 0 Å². The van der Waals surface area contributed by atoms with Crippen LogP contribution in [0, 0.1) is 11.3 Å². The minimum Gasteiger partial charge on any atom is -0.481 e.